The Hall–Kier alpha value is -3.30. The number of thiophene rings is 1. The van der Waals surface area contributed by atoms with Gasteiger partial charge in [0.1, 0.15) is 25.2 Å². The molecular formula is C23H20N2O5S2. The van der Waals surface area contributed by atoms with Crippen molar-refractivity contribution >= 4 is 27.0 Å². The van der Waals surface area contributed by atoms with Gasteiger partial charge in [-0.15, -0.1) is 11.3 Å². The molecule has 0 atom stereocenters. The van der Waals surface area contributed by atoms with Crippen LogP contribution in [0.15, 0.2) is 75.6 Å². The minimum atomic E-state index is -3.92. The van der Waals surface area contributed by atoms with Gasteiger partial charge in [-0.3, -0.25) is 4.31 Å². The minimum Gasteiger partial charge on any atom is -0.486 e. The zero-order valence-corrected chi connectivity index (χ0v) is 18.9. The Bertz CT molecular complexity index is 1330. The van der Waals surface area contributed by atoms with Crippen LogP contribution in [0.3, 0.4) is 0 Å². The lowest BCUT2D eigenvalue weighted by atomic mass is 10.2. The number of rotatable bonds is 6. The predicted molar refractivity (Wildman–Crippen MR) is 122 cm³/mol. The number of aromatic nitrogens is 1. The van der Waals surface area contributed by atoms with Gasteiger partial charge in [0.2, 0.25) is 5.89 Å². The maximum atomic E-state index is 13.7. The molecule has 0 spiro atoms. The number of fused-ring (bicyclic) bond motifs is 1. The molecule has 5 rings (SSSR count). The van der Waals surface area contributed by atoms with Crippen LogP contribution in [0.1, 0.15) is 11.3 Å². The molecular weight excluding hydrogens is 448 g/mol. The molecule has 32 heavy (non-hydrogen) atoms. The van der Waals surface area contributed by atoms with Crippen molar-refractivity contribution < 1.29 is 22.3 Å². The SMILES string of the molecule is Cc1ccc(N(Cc2coc(-c3cccs3)n2)S(=O)(=O)c2ccc3c(c2)OCCO3)cc1. The lowest BCUT2D eigenvalue weighted by Gasteiger charge is -2.25. The second kappa shape index (κ2) is 8.33. The molecule has 0 saturated heterocycles. The lowest BCUT2D eigenvalue weighted by molar-refractivity contribution is 0.171. The summed E-state index contributed by atoms with van der Waals surface area (Å²) in [6, 6.07) is 15.8. The van der Waals surface area contributed by atoms with Gasteiger partial charge < -0.3 is 13.9 Å². The van der Waals surface area contributed by atoms with Crippen molar-refractivity contribution in [1.29, 1.82) is 0 Å². The molecule has 0 fully saturated rings. The van der Waals surface area contributed by atoms with Gasteiger partial charge in [-0.2, -0.15) is 0 Å². The van der Waals surface area contributed by atoms with Crippen LogP contribution < -0.4 is 13.8 Å². The van der Waals surface area contributed by atoms with Crippen molar-refractivity contribution in [2.75, 3.05) is 17.5 Å². The van der Waals surface area contributed by atoms with E-state index in [0.29, 0.717) is 42.0 Å². The van der Waals surface area contributed by atoms with Gasteiger partial charge in [-0.25, -0.2) is 13.4 Å². The fourth-order valence-electron chi connectivity index (χ4n) is 3.38. The number of benzene rings is 2. The van der Waals surface area contributed by atoms with Crippen LogP contribution in [0, 0.1) is 6.92 Å². The normalized spacial score (nSPS) is 13.2. The Morgan fingerprint density at radius 2 is 1.81 bits per heavy atom. The Kier molecular flexibility index (Phi) is 5.36. The van der Waals surface area contributed by atoms with E-state index in [1.54, 1.807) is 18.2 Å². The monoisotopic (exact) mass is 468 g/mol. The summed E-state index contributed by atoms with van der Waals surface area (Å²) < 4.78 is 45.5. The Labute approximate surface area is 189 Å². The van der Waals surface area contributed by atoms with Crippen molar-refractivity contribution in [1.82, 2.24) is 4.98 Å². The highest BCUT2D eigenvalue weighted by atomic mass is 32.2. The summed E-state index contributed by atoms with van der Waals surface area (Å²) in [6.45, 7) is 2.79. The molecule has 7 nitrogen and oxygen atoms in total. The molecule has 4 aromatic rings. The average Bonchev–Trinajstić information content (AvgIpc) is 3.50. The molecule has 0 bridgehead atoms. The van der Waals surface area contributed by atoms with Gasteiger partial charge in [0.05, 0.1) is 22.0 Å². The molecule has 164 valence electrons. The molecule has 1 aliphatic heterocycles. The van der Waals surface area contributed by atoms with Crippen LogP contribution in [0.25, 0.3) is 10.8 Å². The second-order valence-electron chi connectivity index (χ2n) is 7.27. The first kappa shape index (κ1) is 20.6. The molecule has 0 unspecified atom stereocenters. The van der Waals surface area contributed by atoms with Gasteiger partial charge in [0.25, 0.3) is 10.0 Å². The predicted octanol–water partition coefficient (Wildman–Crippen LogP) is 4.88. The number of sulfonamides is 1. The molecule has 3 heterocycles. The van der Waals surface area contributed by atoms with E-state index in [2.05, 4.69) is 4.98 Å². The van der Waals surface area contributed by atoms with Crippen LogP contribution in [-0.4, -0.2) is 26.6 Å². The molecule has 0 aliphatic carbocycles. The minimum absolute atomic E-state index is 0.0225. The first-order chi connectivity index (χ1) is 15.5. The van der Waals surface area contributed by atoms with Crippen molar-refractivity contribution in [3.63, 3.8) is 0 Å². The van der Waals surface area contributed by atoms with Crippen LogP contribution in [-0.2, 0) is 16.6 Å². The lowest BCUT2D eigenvalue weighted by Crippen LogP contribution is -2.31. The van der Waals surface area contributed by atoms with Gasteiger partial charge >= 0.3 is 0 Å². The summed E-state index contributed by atoms with van der Waals surface area (Å²) in [6.07, 6.45) is 1.50. The Morgan fingerprint density at radius 1 is 1.03 bits per heavy atom. The summed E-state index contributed by atoms with van der Waals surface area (Å²) in [4.78, 5) is 5.50. The molecule has 0 saturated carbocycles. The summed E-state index contributed by atoms with van der Waals surface area (Å²) in [5.74, 6) is 1.42. The van der Waals surface area contributed by atoms with Crippen molar-refractivity contribution in [3.8, 4) is 22.3 Å². The molecule has 9 heteroatoms. The third-order valence-electron chi connectivity index (χ3n) is 5.01. The molecule has 0 amide bonds. The number of hydrogen-bond donors (Lipinski definition) is 0. The van der Waals surface area contributed by atoms with E-state index in [1.165, 1.54) is 34.0 Å². The van der Waals surface area contributed by atoms with Crippen LogP contribution in [0.5, 0.6) is 11.5 Å². The van der Waals surface area contributed by atoms with E-state index in [4.69, 9.17) is 13.9 Å². The second-order valence-corrected chi connectivity index (χ2v) is 10.1. The fourth-order valence-corrected chi connectivity index (χ4v) is 5.48. The third kappa shape index (κ3) is 3.96. The van der Waals surface area contributed by atoms with Crippen LogP contribution in [0.4, 0.5) is 5.69 Å². The van der Waals surface area contributed by atoms with Crippen molar-refractivity contribution in [3.05, 3.63) is 77.5 Å². The molecule has 0 radical (unpaired) electrons. The Morgan fingerprint density at radius 3 is 2.56 bits per heavy atom. The average molecular weight is 469 g/mol. The van der Waals surface area contributed by atoms with Gasteiger partial charge in [0, 0.05) is 6.07 Å². The third-order valence-corrected chi connectivity index (χ3v) is 7.64. The van der Waals surface area contributed by atoms with Crippen molar-refractivity contribution in [2.24, 2.45) is 0 Å². The molecule has 1 aliphatic rings. The number of oxazole rings is 1. The van der Waals surface area contributed by atoms with E-state index < -0.39 is 10.0 Å². The topological polar surface area (TPSA) is 81.9 Å². The fraction of sp³-hybridized carbons (Fsp3) is 0.174. The number of aryl methyl sites for hydroxylation is 1. The van der Waals surface area contributed by atoms with Crippen molar-refractivity contribution in [2.45, 2.75) is 18.4 Å². The largest absolute Gasteiger partial charge is 0.486 e. The molecule has 2 aromatic carbocycles. The quantitative estimate of drug-likeness (QED) is 0.401. The number of ether oxygens (including phenoxy) is 2. The van der Waals surface area contributed by atoms with Gasteiger partial charge in [0.15, 0.2) is 11.5 Å². The zero-order valence-electron chi connectivity index (χ0n) is 17.2. The summed E-state index contributed by atoms with van der Waals surface area (Å²) in [5, 5.41) is 1.93. The summed E-state index contributed by atoms with van der Waals surface area (Å²) in [7, 11) is -3.92. The number of nitrogens with zero attached hydrogens (tertiary/aromatic N) is 2. The van der Waals surface area contributed by atoms with E-state index in [-0.39, 0.29) is 11.4 Å². The zero-order chi connectivity index (χ0) is 22.1. The first-order valence-corrected chi connectivity index (χ1v) is 12.3. The highest BCUT2D eigenvalue weighted by Crippen LogP contribution is 2.35. The summed E-state index contributed by atoms with van der Waals surface area (Å²) in [5.41, 5.74) is 2.08. The van der Waals surface area contributed by atoms with Gasteiger partial charge in [-0.1, -0.05) is 23.8 Å². The molecule has 0 N–H and O–H groups in total. The van der Waals surface area contributed by atoms with Gasteiger partial charge in [-0.05, 0) is 42.6 Å². The van der Waals surface area contributed by atoms with E-state index in [1.807, 2.05) is 36.6 Å². The standard InChI is InChI=1S/C23H20N2O5S2/c1-16-4-6-18(7-5-16)25(14-17-15-30-23(24-17)22-3-2-12-31-22)32(26,27)19-8-9-20-21(13-19)29-11-10-28-20/h2-9,12-13,15H,10-11,14H2,1H3. The maximum Gasteiger partial charge on any atom is 0.264 e. The highest BCUT2D eigenvalue weighted by Gasteiger charge is 2.28. The highest BCUT2D eigenvalue weighted by molar-refractivity contribution is 7.92. The van der Waals surface area contributed by atoms with E-state index >= 15 is 0 Å². The Balaban J connectivity index is 1.53. The van der Waals surface area contributed by atoms with E-state index in [0.717, 1.165) is 10.4 Å². The smallest absolute Gasteiger partial charge is 0.264 e. The maximum absolute atomic E-state index is 13.7. The van der Waals surface area contributed by atoms with E-state index in [9.17, 15) is 8.42 Å². The summed E-state index contributed by atoms with van der Waals surface area (Å²) >= 11 is 1.51. The number of anilines is 1. The number of hydrogen-bond acceptors (Lipinski definition) is 7. The first-order valence-electron chi connectivity index (χ1n) is 9.98. The molecule has 2 aromatic heterocycles. The van der Waals surface area contributed by atoms with Crippen LogP contribution in [0.2, 0.25) is 0 Å². The van der Waals surface area contributed by atoms with Crippen LogP contribution >= 0.6 is 11.3 Å².